The molecule has 23 heavy (non-hydrogen) atoms. The Morgan fingerprint density at radius 1 is 1.43 bits per heavy atom. The van der Waals surface area contributed by atoms with Crippen LogP contribution in [0.2, 0.25) is 0 Å². The smallest absolute Gasteiger partial charge is 0.251 e. The number of carbonyl (C=O) groups is 2. The minimum Gasteiger partial charge on any atom is -0.493 e. The lowest BCUT2D eigenvalue weighted by Crippen LogP contribution is -2.38. The minimum absolute atomic E-state index is 0.0194. The Morgan fingerprint density at radius 2 is 2.22 bits per heavy atom. The van der Waals surface area contributed by atoms with Gasteiger partial charge in [-0.15, -0.1) is 0 Å². The van der Waals surface area contributed by atoms with Crippen LogP contribution < -0.4 is 14.8 Å². The van der Waals surface area contributed by atoms with Crippen molar-refractivity contribution in [1.82, 2.24) is 10.2 Å². The molecule has 2 rings (SSSR count). The lowest BCUT2D eigenvalue weighted by Gasteiger charge is -2.16. The van der Waals surface area contributed by atoms with E-state index < -0.39 is 0 Å². The van der Waals surface area contributed by atoms with Gasteiger partial charge in [-0.2, -0.15) is 0 Å². The summed E-state index contributed by atoms with van der Waals surface area (Å²) in [5.74, 6) is 0.907. The molecular formula is C17H22N2O4. The molecule has 6 heteroatoms. The average Bonchev–Trinajstić information content (AvgIpc) is 3.01. The predicted octanol–water partition coefficient (Wildman–Crippen LogP) is 1.61. The molecular weight excluding hydrogens is 296 g/mol. The van der Waals surface area contributed by atoms with Gasteiger partial charge in [0.1, 0.15) is 6.61 Å². The first-order chi connectivity index (χ1) is 11.0. The van der Waals surface area contributed by atoms with E-state index in [9.17, 15) is 9.59 Å². The third-order valence-electron chi connectivity index (χ3n) is 3.75. The fraction of sp³-hybridized carbons (Fsp3) is 0.412. The first-order valence-corrected chi connectivity index (χ1v) is 7.53. The van der Waals surface area contributed by atoms with E-state index in [-0.39, 0.29) is 17.9 Å². The molecule has 0 radical (unpaired) electrons. The van der Waals surface area contributed by atoms with Crippen LogP contribution in [0.1, 0.15) is 23.7 Å². The van der Waals surface area contributed by atoms with E-state index in [4.69, 9.17) is 9.47 Å². The van der Waals surface area contributed by atoms with Crippen LogP contribution in [0.3, 0.4) is 0 Å². The van der Waals surface area contributed by atoms with Gasteiger partial charge in [-0.1, -0.05) is 12.7 Å². The predicted molar refractivity (Wildman–Crippen MR) is 86.8 cm³/mol. The monoisotopic (exact) mass is 318 g/mol. The number of amides is 2. The molecule has 1 unspecified atom stereocenters. The van der Waals surface area contributed by atoms with Gasteiger partial charge in [0, 0.05) is 31.6 Å². The van der Waals surface area contributed by atoms with Gasteiger partial charge in [-0.3, -0.25) is 9.59 Å². The van der Waals surface area contributed by atoms with Crippen LogP contribution in [0.5, 0.6) is 11.5 Å². The van der Waals surface area contributed by atoms with Crippen molar-refractivity contribution in [3.8, 4) is 11.5 Å². The summed E-state index contributed by atoms with van der Waals surface area (Å²) in [5.41, 5.74) is 0.495. The number of hydrogen-bond donors (Lipinski definition) is 1. The summed E-state index contributed by atoms with van der Waals surface area (Å²) in [6, 6.07) is 5.02. The Kier molecular flexibility index (Phi) is 5.62. The highest BCUT2D eigenvalue weighted by Gasteiger charge is 2.25. The molecule has 0 bridgehead atoms. The van der Waals surface area contributed by atoms with Gasteiger partial charge >= 0.3 is 0 Å². The normalized spacial score (nSPS) is 16.8. The van der Waals surface area contributed by atoms with Crippen molar-refractivity contribution in [2.75, 3.05) is 26.8 Å². The average molecular weight is 318 g/mol. The Bertz CT molecular complexity index is 600. The Morgan fingerprint density at radius 3 is 2.83 bits per heavy atom. The van der Waals surface area contributed by atoms with Gasteiger partial charge in [-0.25, -0.2) is 0 Å². The van der Waals surface area contributed by atoms with Crippen LogP contribution in [0.15, 0.2) is 30.9 Å². The quantitative estimate of drug-likeness (QED) is 0.809. The van der Waals surface area contributed by atoms with Crippen LogP contribution >= 0.6 is 0 Å². The van der Waals surface area contributed by atoms with Crippen molar-refractivity contribution in [3.05, 3.63) is 36.4 Å². The largest absolute Gasteiger partial charge is 0.493 e. The van der Waals surface area contributed by atoms with E-state index in [1.165, 1.54) is 14.0 Å². The van der Waals surface area contributed by atoms with Crippen LogP contribution in [0.25, 0.3) is 0 Å². The first-order valence-electron chi connectivity index (χ1n) is 7.53. The highest BCUT2D eigenvalue weighted by Crippen LogP contribution is 2.28. The van der Waals surface area contributed by atoms with E-state index in [0.29, 0.717) is 36.8 Å². The molecule has 0 saturated carbocycles. The maximum Gasteiger partial charge on any atom is 0.251 e. The van der Waals surface area contributed by atoms with Crippen LogP contribution in [-0.4, -0.2) is 49.6 Å². The van der Waals surface area contributed by atoms with E-state index in [1.807, 2.05) is 0 Å². The molecule has 1 atom stereocenters. The fourth-order valence-corrected chi connectivity index (χ4v) is 2.51. The minimum atomic E-state index is -0.186. The van der Waals surface area contributed by atoms with E-state index in [1.54, 1.807) is 29.2 Å². The summed E-state index contributed by atoms with van der Waals surface area (Å²) < 4.78 is 10.7. The second-order valence-electron chi connectivity index (χ2n) is 5.39. The van der Waals surface area contributed by atoms with Crippen molar-refractivity contribution in [2.45, 2.75) is 19.4 Å². The van der Waals surface area contributed by atoms with Gasteiger partial charge in [0.05, 0.1) is 7.11 Å². The molecule has 1 fully saturated rings. The summed E-state index contributed by atoms with van der Waals surface area (Å²) in [6.07, 6.45) is 2.41. The molecule has 124 valence electrons. The number of likely N-dealkylation sites (tertiary alicyclic amines) is 1. The van der Waals surface area contributed by atoms with Crippen LogP contribution in [-0.2, 0) is 4.79 Å². The Hall–Kier alpha value is -2.50. The van der Waals surface area contributed by atoms with E-state index in [2.05, 4.69) is 11.9 Å². The lowest BCUT2D eigenvalue weighted by molar-refractivity contribution is -0.127. The summed E-state index contributed by atoms with van der Waals surface area (Å²) >= 11 is 0. The van der Waals surface area contributed by atoms with Crippen molar-refractivity contribution in [2.24, 2.45) is 0 Å². The maximum absolute atomic E-state index is 12.3. The summed E-state index contributed by atoms with van der Waals surface area (Å²) in [4.78, 5) is 25.4. The Labute approximate surface area is 136 Å². The maximum atomic E-state index is 12.3. The number of nitrogens with zero attached hydrogens (tertiary/aromatic N) is 1. The molecule has 1 saturated heterocycles. The third kappa shape index (κ3) is 4.25. The number of benzene rings is 1. The zero-order valence-electron chi connectivity index (χ0n) is 13.5. The standard InChI is InChI=1S/C17H22N2O4/c1-4-9-23-15-6-5-13(10-16(15)22-3)17(21)18-14-7-8-19(11-14)12(2)20/h4-6,10,14H,1,7-9,11H2,2-3H3,(H,18,21). The number of hydrogen-bond acceptors (Lipinski definition) is 4. The van der Waals surface area contributed by atoms with E-state index >= 15 is 0 Å². The van der Waals surface area contributed by atoms with E-state index in [0.717, 1.165) is 6.42 Å². The summed E-state index contributed by atoms with van der Waals surface area (Å²) in [6.45, 7) is 6.73. The van der Waals surface area contributed by atoms with Gasteiger partial charge in [-0.05, 0) is 24.6 Å². The second-order valence-corrected chi connectivity index (χ2v) is 5.39. The molecule has 1 heterocycles. The highest BCUT2D eigenvalue weighted by atomic mass is 16.5. The molecule has 6 nitrogen and oxygen atoms in total. The van der Waals surface area contributed by atoms with Crippen molar-refractivity contribution >= 4 is 11.8 Å². The van der Waals surface area contributed by atoms with Gasteiger partial charge < -0.3 is 19.7 Å². The number of rotatable bonds is 6. The topological polar surface area (TPSA) is 67.9 Å². The lowest BCUT2D eigenvalue weighted by atomic mass is 10.1. The molecule has 0 aliphatic carbocycles. The SMILES string of the molecule is C=CCOc1ccc(C(=O)NC2CCN(C(C)=O)C2)cc1OC. The third-order valence-corrected chi connectivity index (χ3v) is 3.75. The Balaban J connectivity index is 2.02. The van der Waals surface area contributed by atoms with Crippen molar-refractivity contribution < 1.29 is 19.1 Å². The molecule has 1 N–H and O–H groups in total. The van der Waals surface area contributed by atoms with Gasteiger partial charge in [0.25, 0.3) is 5.91 Å². The zero-order chi connectivity index (χ0) is 16.8. The summed E-state index contributed by atoms with van der Waals surface area (Å²) in [7, 11) is 1.53. The first kappa shape index (κ1) is 16.9. The molecule has 1 aliphatic rings. The fourth-order valence-electron chi connectivity index (χ4n) is 2.51. The second kappa shape index (κ2) is 7.67. The number of methoxy groups -OCH3 is 1. The number of ether oxygens (including phenoxy) is 2. The molecule has 1 aromatic carbocycles. The molecule has 0 spiro atoms. The van der Waals surface area contributed by atoms with Crippen molar-refractivity contribution in [3.63, 3.8) is 0 Å². The molecule has 2 amide bonds. The zero-order valence-corrected chi connectivity index (χ0v) is 13.5. The van der Waals surface area contributed by atoms with Crippen molar-refractivity contribution in [1.29, 1.82) is 0 Å². The molecule has 1 aromatic rings. The van der Waals surface area contributed by atoms with Crippen LogP contribution in [0.4, 0.5) is 0 Å². The molecule has 0 aromatic heterocycles. The van der Waals surface area contributed by atoms with Gasteiger partial charge in [0.15, 0.2) is 11.5 Å². The molecule has 1 aliphatic heterocycles. The summed E-state index contributed by atoms with van der Waals surface area (Å²) in [5, 5.41) is 2.95. The van der Waals surface area contributed by atoms with Crippen LogP contribution in [0, 0.1) is 0 Å². The number of carbonyl (C=O) groups excluding carboxylic acids is 2. The highest BCUT2D eigenvalue weighted by molar-refractivity contribution is 5.95. The number of nitrogens with one attached hydrogen (secondary N) is 1. The van der Waals surface area contributed by atoms with Gasteiger partial charge in [0.2, 0.25) is 5.91 Å².